The molecule has 2 nitrogen and oxygen atoms in total. The summed E-state index contributed by atoms with van der Waals surface area (Å²) in [6, 6.07) is 3.95. The quantitative estimate of drug-likeness (QED) is 0.786. The Morgan fingerprint density at radius 3 is 2.69 bits per heavy atom. The van der Waals surface area contributed by atoms with Crippen LogP contribution in [0.3, 0.4) is 0 Å². The van der Waals surface area contributed by atoms with Crippen molar-refractivity contribution in [1.29, 1.82) is 0 Å². The zero-order valence-electron chi connectivity index (χ0n) is 7.18. The van der Waals surface area contributed by atoms with E-state index in [1.807, 2.05) is 12.1 Å². The van der Waals surface area contributed by atoms with Gasteiger partial charge < -0.3 is 9.84 Å². The zero-order valence-corrected chi connectivity index (χ0v) is 11.5. The molecule has 0 saturated heterocycles. The van der Waals surface area contributed by atoms with Crippen LogP contribution in [0.5, 0.6) is 5.75 Å². The predicted molar refractivity (Wildman–Crippen MR) is 69.1 cm³/mol. The Bertz CT molecular complexity index is 300. The third kappa shape index (κ3) is 2.95. The first kappa shape index (κ1) is 11.5. The van der Waals surface area contributed by atoms with E-state index in [2.05, 4.69) is 45.2 Å². The maximum absolute atomic E-state index is 9.63. The van der Waals surface area contributed by atoms with Crippen LogP contribution in [0.4, 0.5) is 0 Å². The number of rotatable bonds is 3. The normalized spacial score (nSPS) is 10.4. The SMILES string of the molecule is COCCc1ccc(I)c(O)c1I. The predicted octanol–water partition coefficient (Wildman–Crippen LogP) is 2.79. The molecule has 0 saturated carbocycles. The van der Waals surface area contributed by atoms with Crippen molar-refractivity contribution in [2.45, 2.75) is 6.42 Å². The Morgan fingerprint density at radius 2 is 2.08 bits per heavy atom. The fraction of sp³-hybridized carbons (Fsp3) is 0.333. The van der Waals surface area contributed by atoms with Gasteiger partial charge in [-0.2, -0.15) is 0 Å². The van der Waals surface area contributed by atoms with Gasteiger partial charge in [-0.05, 0) is 63.2 Å². The summed E-state index contributed by atoms with van der Waals surface area (Å²) < 4.78 is 6.81. The molecule has 0 atom stereocenters. The summed E-state index contributed by atoms with van der Waals surface area (Å²) in [6.45, 7) is 0.691. The van der Waals surface area contributed by atoms with E-state index in [9.17, 15) is 5.11 Å². The van der Waals surface area contributed by atoms with Crippen molar-refractivity contribution in [2.24, 2.45) is 0 Å². The van der Waals surface area contributed by atoms with Crippen molar-refractivity contribution in [1.82, 2.24) is 0 Å². The summed E-state index contributed by atoms with van der Waals surface area (Å²) in [6.07, 6.45) is 0.846. The first-order valence-corrected chi connectivity index (χ1v) is 5.97. The van der Waals surface area contributed by atoms with E-state index in [0.29, 0.717) is 12.4 Å². The fourth-order valence-electron chi connectivity index (χ4n) is 0.988. The Labute approximate surface area is 105 Å². The van der Waals surface area contributed by atoms with Gasteiger partial charge in [-0.15, -0.1) is 0 Å². The van der Waals surface area contributed by atoms with Gasteiger partial charge in [-0.25, -0.2) is 0 Å². The number of methoxy groups -OCH3 is 1. The summed E-state index contributed by atoms with van der Waals surface area (Å²) in [4.78, 5) is 0. The van der Waals surface area contributed by atoms with Crippen LogP contribution in [0.25, 0.3) is 0 Å². The monoisotopic (exact) mass is 404 g/mol. The van der Waals surface area contributed by atoms with Crippen LogP contribution in [-0.2, 0) is 11.2 Å². The van der Waals surface area contributed by atoms with Gasteiger partial charge in [0, 0.05) is 7.11 Å². The summed E-state index contributed by atoms with van der Waals surface area (Å²) in [5.74, 6) is 0.384. The topological polar surface area (TPSA) is 29.5 Å². The molecule has 0 unspecified atom stereocenters. The van der Waals surface area contributed by atoms with E-state index in [0.717, 1.165) is 19.1 Å². The molecule has 0 heterocycles. The van der Waals surface area contributed by atoms with Gasteiger partial charge in [0.2, 0.25) is 0 Å². The lowest BCUT2D eigenvalue weighted by Gasteiger charge is -2.06. The van der Waals surface area contributed by atoms with E-state index >= 15 is 0 Å². The summed E-state index contributed by atoms with van der Waals surface area (Å²) >= 11 is 4.28. The molecular weight excluding hydrogens is 394 g/mol. The Morgan fingerprint density at radius 1 is 1.38 bits per heavy atom. The average Bonchev–Trinajstić information content (AvgIpc) is 2.13. The van der Waals surface area contributed by atoms with Gasteiger partial charge in [0.05, 0.1) is 13.7 Å². The Kier molecular flexibility index (Phi) is 4.74. The second-order valence-electron chi connectivity index (χ2n) is 2.61. The van der Waals surface area contributed by atoms with Gasteiger partial charge in [0.25, 0.3) is 0 Å². The molecule has 13 heavy (non-hydrogen) atoms. The number of halogens is 2. The molecule has 1 aromatic carbocycles. The van der Waals surface area contributed by atoms with Crippen molar-refractivity contribution in [3.8, 4) is 5.75 Å². The minimum absolute atomic E-state index is 0.384. The molecule has 0 radical (unpaired) electrons. The molecule has 0 spiro atoms. The molecule has 1 aromatic rings. The average molecular weight is 404 g/mol. The van der Waals surface area contributed by atoms with Crippen molar-refractivity contribution >= 4 is 45.2 Å². The maximum Gasteiger partial charge on any atom is 0.142 e. The minimum atomic E-state index is 0.384. The lowest BCUT2D eigenvalue weighted by atomic mass is 10.1. The molecule has 0 fully saturated rings. The van der Waals surface area contributed by atoms with Crippen LogP contribution < -0.4 is 0 Å². The standard InChI is InChI=1S/C9H10I2O2/c1-13-5-4-6-2-3-7(10)9(12)8(6)11/h2-3,12H,4-5H2,1H3. The van der Waals surface area contributed by atoms with E-state index in [-0.39, 0.29) is 0 Å². The molecule has 0 amide bonds. The lowest BCUT2D eigenvalue weighted by molar-refractivity contribution is 0.202. The van der Waals surface area contributed by atoms with Gasteiger partial charge in [-0.1, -0.05) is 6.07 Å². The third-order valence-electron chi connectivity index (χ3n) is 1.72. The van der Waals surface area contributed by atoms with Crippen molar-refractivity contribution in [3.63, 3.8) is 0 Å². The molecule has 0 aliphatic rings. The highest BCUT2D eigenvalue weighted by molar-refractivity contribution is 14.1. The second kappa shape index (κ2) is 5.35. The van der Waals surface area contributed by atoms with E-state index < -0.39 is 0 Å². The first-order chi connectivity index (χ1) is 6.16. The van der Waals surface area contributed by atoms with Crippen LogP contribution >= 0.6 is 45.2 Å². The second-order valence-corrected chi connectivity index (χ2v) is 4.85. The molecule has 4 heteroatoms. The molecule has 1 rings (SSSR count). The Hall–Kier alpha value is 0.440. The summed E-state index contributed by atoms with van der Waals surface area (Å²) in [7, 11) is 1.68. The molecule has 0 bridgehead atoms. The molecule has 0 aliphatic carbocycles. The van der Waals surface area contributed by atoms with E-state index in [1.165, 1.54) is 0 Å². The van der Waals surface area contributed by atoms with Gasteiger partial charge in [-0.3, -0.25) is 0 Å². The molecule has 72 valence electrons. The lowest BCUT2D eigenvalue weighted by Crippen LogP contribution is -1.97. The minimum Gasteiger partial charge on any atom is -0.506 e. The van der Waals surface area contributed by atoms with Gasteiger partial charge in [0.1, 0.15) is 5.75 Å². The highest BCUT2D eigenvalue weighted by Crippen LogP contribution is 2.28. The number of phenolic OH excluding ortho intramolecular Hbond substituents is 1. The highest BCUT2D eigenvalue weighted by atomic mass is 127. The Balaban J connectivity index is 2.90. The number of aromatic hydroxyl groups is 1. The first-order valence-electron chi connectivity index (χ1n) is 3.81. The van der Waals surface area contributed by atoms with Crippen LogP contribution in [0.15, 0.2) is 12.1 Å². The number of hydrogen-bond donors (Lipinski definition) is 1. The summed E-state index contributed by atoms with van der Waals surface area (Å²) in [5.41, 5.74) is 1.14. The maximum atomic E-state index is 9.63. The number of hydrogen-bond acceptors (Lipinski definition) is 2. The molecular formula is C9H10I2O2. The molecule has 0 aliphatic heterocycles. The smallest absolute Gasteiger partial charge is 0.142 e. The zero-order chi connectivity index (χ0) is 9.84. The van der Waals surface area contributed by atoms with Crippen LogP contribution in [0.1, 0.15) is 5.56 Å². The fourth-order valence-corrected chi connectivity index (χ4v) is 2.69. The van der Waals surface area contributed by atoms with E-state index in [1.54, 1.807) is 7.11 Å². The third-order valence-corrected chi connectivity index (χ3v) is 3.80. The highest BCUT2D eigenvalue weighted by Gasteiger charge is 2.07. The number of benzene rings is 1. The van der Waals surface area contributed by atoms with Crippen LogP contribution in [0.2, 0.25) is 0 Å². The van der Waals surface area contributed by atoms with Gasteiger partial charge >= 0.3 is 0 Å². The number of ether oxygens (including phenoxy) is 1. The van der Waals surface area contributed by atoms with Crippen molar-refractivity contribution in [3.05, 3.63) is 24.8 Å². The molecule has 1 N–H and O–H groups in total. The van der Waals surface area contributed by atoms with Crippen molar-refractivity contribution in [2.75, 3.05) is 13.7 Å². The van der Waals surface area contributed by atoms with Crippen molar-refractivity contribution < 1.29 is 9.84 Å². The summed E-state index contributed by atoms with van der Waals surface area (Å²) in [5, 5.41) is 9.63. The van der Waals surface area contributed by atoms with Crippen LogP contribution in [0, 0.1) is 7.14 Å². The van der Waals surface area contributed by atoms with E-state index in [4.69, 9.17) is 4.74 Å². The van der Waals surface area contributed by atoms with Crippen LogP contribution in [-0.4, -0.2) is 18.8 Å². The largest absolute Gasteiger partial charge is 0.506 e. The molecule has 0 aromatic heterocycles. The van der Waals surface area contributed by atoms with Gasteiger partial charge in [0.15, 0.2) is 0 Å². The number of phenols is 1.